The van der Waals surface area contributed by atoms with Gasteiger partial charge in [-0.3, -0.25) is 0 Å². The molecule has 2 aromatic carbocycles. The van der Waals surface area contributed by atoms with Crippen molar-refractivity contribution in [3.8, 4) is 0 Å². The van der Waals surface area contributed by atoms with Crippen LogP contribution in [0.4, 0.5) is 0 Å². The highest BCUT2D eigenvalue weighted by Gasteiger charge is 2.31. The molecule has 2 heterocycles. The molecule has 1 unspecified atom stereocenters. The lowest BCUT2D eigenvalue weighted by Gasteiger charge is -2.26. The molecule has 0 spiro atoms. The summed E-state index contributed by atoms with van der Waals surface area (Å²) >= 11 is 0. The quantitative estimate of drug-likeness (QED) is 0.735. The van der Waals surface area contributed by atoms with Crippen LogP contribution in [0.25, 0.3) is 0 Å². The maximum absolute atomic E-state index is 6.66. The van der Waals surface area contributed by atoms with Crippen LogP contribution in [0.15, 0.2) is 66.4 Å². The summed E-state index contributed by atoms with van der Waals surface area (Å²) in [6.07, 6.45) is 6.07. The van der Waals surface area contributed by atoms with Gasteiger partial charge in [0.25, 0.3) is 9.04 Å². The van der Waals surface area contributed by atoms with Gasteiger partial charge in [-0.05, 0) is 40.6 Å². The Kier molecular flexibility index (Phi) is 5.24. The smallest absolute Gasteiger partial charge is 0.282 e. The van der Waals surface area contributed by atoms with E-state index in [-0.39, 0.29) is 5.41 Å². The summed E-state index contributed by atoms with van der Waals surface area (Å²) in [6, 6.07) is 20.5. The molecule has 3 heteroatoms. The first kappa shape index (κ1) is 18.5. The molecule has 1 fully saturated rings. The van der Waals surface area contributed by atoms with Gasteiger partial charge in [-0.25, -0.2) is 0 Å². The van der Waals surface area contributed by atoms with Crippen molar-refractivity contribution in [1.29, 1.82) is 0 Å². The van der Waals surface area contributed by atoms with Gasteiger partial charge in [-0.1, -0.05) is 81.4 Å². The monoisotopic (exact) mass is 376 g/mol. The van der Waals surface area contributed by atoms with Crippen LogP contribution >= 0.6 is 0 Å². The maximum atomic E-state index is 6.66. The molecule has 0 bridgehead atoms. The van der Waals surface area contributed by atoms with E-state index in [0.717, 1.165) is 6.61 Å². The Hall–Kier alpha value is -1.84. The summed E-state index contributed by atoms with van der Waals surface area (Å²) in [7, 11) is -1.22. The number of benzene rings is 2. The number of nitrogens with zero attached hydrogens (tertiary/aromatic N) is 1. The Morgan fingerprint density at radius 2 is 1.70 bits per heavy atom. The van der Waals surface area contributed by atoms with E-state index < -0.39 is 9.04 Å². The largest absolute Gasteiger partial charge is 0.405 e. The van der Waals surface area contributed by atoms with Crippen molar-refractivity contribution in [1.82, 2.24) is 4.90 Å². The van der Waals surface area contributed by atoms with Gasteiger partial charge in [0.1, 0.15) is 0 Å². The van der Waals surface area contributed by atoms with Crippen molar-refractivity contribution in [2.24, 2.45) is 0 Å². The molecule has 0 aromatic heterocycles. The zero-order valence-electron chi connectivity index (χ0n) is 16.7. The summed E-state index contributed by atoms with van der Waals surface area (Å²) in [4.78, 5) is 2.58. The number of hydrogen-bond acceptors (Lipinski definition) is 2. The second kappa shape index (κ2) is 7.65. The van der Waals surface area contributed by atoms with Crippen LogP contribution in [0.5, 0.6) is 0 Å². The Labute approximate surface area is 165 Å². The summed E-state index contributed by atoms with van der Waals surface area (Å²) in [5.74, 6) is 0. The fraction of sp³-hybridized carbons (Fsp3) is 0.417. The summed E-state index contributed by atoms with van der Waals surface area (Å²) in [5, 5.41) is 2.68. The van der Waals surface area contributed by atoms with Gasteiger partial charge in [-0.2, -0.15) is 0 Å². The average Bonchev–Trinajstić information content (AvgIpc) is 3.27. The van der Waals surface area contributed by atoms with E-state index in [1.54, 1.807) is 5.70 Å². The molecule has 2 aliphatic heterocycles. The van der Waals surface area contributed by atoms with Crippen LogP contribution < -0.4 is 10.4 Å². The molecule has 0 N–H and O–H groups in total. The Morgan fingerprint density at radius 1 is 1.00 bits per heavy atom. The third kappa shape index (κ3) is 4.04. The van der Waals surface area contributed by atoms with Crippen LogP contribution in [0, 0.1) is 0 Å². The Morgan fingerprint density at radius 3 is 2.41 bits per heavy atom. The van der Waals surface area contributed by atoms with Crippen molar-refractivity contribution in [2.75, 3.05) is 13.2 Å². The first-order valence-corrected chi connectivity index (χ1v) is 11.5. The predicted octanol–water partition coefficient (Wildman–Crippen LogP) is 3.86. The third-order valence-corrected chi connectivity index (χ3v) is 7.93. The van der Waals surface area contributed by atoms with Gasteiger partial charge >= 0.3 is 0 Å². The molecular weight excluding hydrogens is 346 g/mol. The van der Waals surface area contributed by atoms with Crippen LogP contribution in [0.2, 0.25) is 0 Å². The summed E-state index contributed by atoms with van der Waals surface area (Å²) in [5.41, 5.74) is 3.11. The highest BCUT2D eigenvalue weighted by Crippen LogP contribution is 2.32. The van der Waals surface area contributed by atoms with E-state index in [1.807, 2.05) is 0 Å². The highest BCUT2D eigenvalue weighted by molar-refractivity contribution is 6.80. The molecule has 0 saturated carbocycles. The van der Waals surface area contributed by atoms with Crippen molar-refractivity contribution in [2.45, 2.75) is 51.5 Å². The molecule has 1 saturated heterocycles. The number of hydrogen-bond donors (Lipinski definition) is 0. The topological polar surface area (TPSA) is 12.5 Å². The van der Waals surface area contributed by atoms with Gasteiger partial charge in [0.05, 0.1) is 12.6 Å². The van der Waals surface area contributed by atoms with E-state index in [2.05, 4.69) is 86.3 Å². The van der Waals surface area contributed by atoms with E-state index in [9.17, 15) is 0 Å². The molecular formula is C24H30NOSi. The zero-order valence-corrected chi connectivity index (χ0v) is 17.7. The fourth-order valence-electron chi connectivity index (χ4n) is 4.16. The van der Waals surface area contributed by atoms with E-state index in [4.69, 9.17) is 4.43 Å². The predicted molar refractivity (Wildman–Crippen MR) is 115 cm³/mol. The van der Waals surface area contributed by atoms with Gasteiger partial charge in [0.2, 0.25) is 0 Å². The molecule has 2 aromatic rings. The molecule has 0 aliphatic carbocycles. The first-order valence-electron chi connectivity index (χ1n) is 10.1. The molecule has 2 aliphatic rings. The van der Waals surface area contributed by atoms with Crippen molar-refractivity contribution in [3.63, 3.8) is 0 Å². The minimum Gasteiger partial charge on any atom is -0.405 e. The average molecular weight is 377 g/mol. The molecule has 4 rings (SSSR count). The van der Waals surface area contributed by atoms with E-state index >= 15 is 0 Å². The standard InChI is InChI=1S/C24H30NOSi/c1-24(2,3)19-11-15-23(16-12-19)27(22-9-5-4-6-10-22)26-18-21-14-13-20-8-7-17-25(20)21/h4-6,8-12,15-16,21H,7,13-14,17-18H2,1-3H3. The summed E-state index contributed by atoms with van der Waals surface area (Å²) < 4.78 is 6.66. The zero-order chi connectivity index (χ0) is 18.9. The lowest BCUT2D eigenvalue weighted by molar-refractivity contribution is 0.204. The van der Waals surface area contributed by atoms with E-state index in [0.29, 0.717) is 6.04 Å². The third-order valence-electron chi connectivity index (χ3n) is 5.76. The van der Waals surface area contributed by atoms with Gasteiger partial charge in [0, 0.05) is 12.2 Å². The molecule has 1 radical (unpaired) electrons. The normalized spacial score (nSPS) is 19.5. The van der Waals surface area contributed by atoms with Crippen LogP contribution in [-0.4, -0.2) is 33.1 Å². The van der Waals surface area contributed by atoms with E-state index in [1.165, 1.54) is 41.7 Å². The Balaban J connectivity index is 1.54. The van der Waals surface area contributed by atoms with Crippen molar-refractivity contribution in [3.05, 3.63) is 71.9 Å². The first-order chi connectivity index (χ1) is 13.0. The fourth-order valence-corrected chi connectivity index (χ4v) is 6.15. The molecule has 2 nitrogen and oxygen atoms in total. The van der Waals surface area contributed by atoms with Crippen molar-refractivity contribution >= 4 is 19.4 Å². The summed E-state index contributed by atoms with van der Waals surface area (Å²) in [6.45, 7) is 8.81. The second-order valence-corrected chi connectivity index (χ2v) is 10.8. The second-order valence-electron chi connectivity index (χ2n) is 8.70. The lowest BCUT2D eigenvalue weighted by Crippen LogP contribution is -2.47. The van der Waals surface area contributed by atoms with Gasteiger partial charge in [-0.15, -0.1) is 0 Å². The number of rotatable bonds is 5. The van der Waals surface area contributed by atoms with Crippen LogP contribution in [-0.2, 0) is 9.84 Å². The minimum absolute atomic E-state index is 0.182. The Bertz CT molecular complexity index is 791. The van der Waals surface area contributed by atoms with Gasteiger partial charge in [0.15, 0.2) is 0 Å². The lowest BCUT2D eigenvalue weighted by atomic mass is 9.87. The SMILES string of the molecule is CC(C)(C)c1ccc([Si](OCC2CCC3=CCCN32)c2ccccc2)cc1. The molecule has 141 valence electrons. The minimum atomic E-state index is -1.22. The van der Waals surface area contributed by atoms with Crippen LogP contribution in [0.3, 0.4) is 0 Å². The molecule has 1 atom stereocenters. The van der Waals surface area contributed by atoms with Crippen LogP contribution in [0.1, 0.15) is 45.6 Å². The highest BCUT2D eigenvalue weighted by atomic mass is 28.3. The maximum Gasteiger partial charge on any atom is 0.282 e. The van der Waals surface area contributed by atoms with Crippen molar-refractivity contribution < 1.29 is 4.43 Å². The molecule has 0 amide bonds. The van der Waals surface area contributed by atoms with Gasteiger partial charge < -0.3 is 9.33 Å². The number of fused-ring (bicyclic) bond motifs is 1. The molecule has 27 heavy (non-hydrogen) atoms. The number of allylic oxidation sites excluding steroid dienone is 1.